The van der Waals surface area contributed by atoms with Crippen molar-refractivity contribution >= 4 is 11.6 Å². The number of ether oxygens (including phenoxy) is 1. The summed E-state index contributed by atoms with van der Waals surface area (Å²) in [7, 11) is 0. The van der Waals surface area contributed by atoms with Crippen molar-refractivity contribution in [1.29, 1.82) is 0 Å². The van der Waals surface area contributed by atoms with Gasteiger partial charge >= 0.3 is 6.18 Å². The van der Waals surface area contributed by atoms with E-state index in [4.69, 9.17) is 10.5 Å². The van der Waals surface area contributed by atoms with Gasteiger partial charge in [-0.15, -0.1) is 5.10 Å². The lowest BCUT2D eigenvalue weighted by Crippen LogP contribution is -2.15. The molecular formula is C24H21F5N4O2. The van der Waals surface area contributed by atoms with Gasteiger partial charge in [-0.2, -0.15) is 18.2 Å². The number of aromatic nitrogens is 3. The molecule has 6 nitrogen and oxygen atoms in total. The zero-order chi connectivity index (χ0) is 25.3. The number of pyridine rings is 1. The molecule has 2 aromatic carbocycles. The summed E-state index contributed by atoms with van der Waals surface area (Å²) in [6.45, 7) is 1.37. The van der Waals surface area contributed by atoms with Crippen LogP contribution in [0.1, 0.15) is 30.6 Å². The lowest BCUT2D eigenvalue weighted by molar-refractivity contribution is -0.139. The van der Waals surface area contributed by atoms with Crippen LogP contribution in [0.5, 0.6) is 5.75 Å². The highest BCUT2D eigenvalue weighted by molar-refractivity contribution is 5.70. The van der Waals surface area contributed by atoms with Crippen LogP contribution in [0.15, 0.2) is 54.7 Å². The van der Waals surface area contributed by atoms with E-state index in [-0.39, 0.29) is 30.1 Å². The number of aliphatic hydroxyl groups excluding tert-OH is 1. The minimum absolute atomic E-state index is 0.00370. The maximum Gasteiger partial charge on any atom is 0.420 e. The Bertz CT molecular complexity index is 1340. The van der Waals surface area contributed by atoms with Crippen LogP contribution in [-0.2, 0) is 6.18 Å². The first-order chi connectivity index (χ1) is 16.5. The summed E-state index contributed by atoms with van der Waals surface area (Å²) >= 11 is 0. The van der Waals surface area contributed by atoms with Crippen molar-refractivity contribution in [2.45, 2.75) is 25.6 Å². The molecule has 0 saturated heterocycles. The first-order valence-corrected chi connectivity index (χ1v) is 10.6. The molecule has 0 saturated carbocycles. The Morgan fingerprint density at radius 2 is 1.80 bits per heavy atom. The van der Waals surface area contributed by atoms with E-state index < -0.39 is 41.1 Å². The first kappa shape index (κ1) is 24.4. The first-order valence-electron chi connectivity index (χ1n) is 10.6. The summed E-state index contributed by atoms with van der Waals surface area (Å²) < 4.78 is 75.9. The van der Waals surface area contributed by atoms with Gasteiger partial charge in [0.1, 0.15) is 11.4 Å². The molecule has 0 aliphatic carbocycles. The van der Waals surface area contributed by atoms with E-state index in [9.17, 15) is 22.7 Å². The second kappa shape index (κ2) is 9.49. The van der Waals surface area contributed by atoms with Gasteiger partial charge in [0, 0.05) is 11.8 Å². The molecule has 4 rings (SSSR count). The van der Waals surface area contributed by atoms with E-state index in [1.54, 1.807) is 6.92 Å². The SMILES string of the molecule is C[C@@H](CCOc1c(C(F)(F)F)ccc(-c2ccn3nc(N)nc3c2)c1F)[C@H](O)c1ccc(F)cc1. The summed E-state index contributed by atoms with van der Waals surface area (Å²) in [6, 6.07) is 9.93. The second-order valence-electron chi connectivity index (χ2n) is 8.10. The van der Waals surface area contributed by atoms with Gasteiger partial charge < -0.3 is 15.6 Å². The summed E-state index contributed by atoms with van der Waals surface area (Å²) in [5, 5.41) is 14.4. The number of hydrogen-bond donors (Lipinski definition) is 2. The number of fused-ring (bicyclic) bond motifs is 1. The van der Waals surface area contributed by atoms with E-state index in [1.165, 1.54) is 47.1 Å². The molecule has 0 aliphatic rings. The third-order valence-electron chi connectivity index (χ3n) is 5.64. The maximum absolute atomic E-state index is 15.4. The van der Waals surface area contributed by atoms with Gasteiger partial charge in [0.15, 0.2) is 17.2 Å². The number of benzene rings is 2. The van der Waals surface area contributed by atoms with Crippen molar-refractivity contribution in [2.24, 2.45) is 5.92 Å². The van der Waals surface area contributed by atoms with E-state index in [0.29, 0.717) is 11.2 Å². The highest BCUT2D eigenvalue weighted by Gasteiger charge is 2.37. The predicted octanol–water partition coefficient (Wildman–Crippen LogP) is 5.41. The number of nitrogen functional groups attached to an aromatic ring is 1. The Hall–Kier alpha value is -3.73. The summed E-state index contributed by atoms with van der Waals surface area (Å²) in [5.74, 6) is -3.03. The largest absolute Gasteiger partial charge is 0.490 e. The molecule has 0 unspecified atom stereocenters. The molecule has 0 radical (unpaired) electrons. The van der Waals surface area contributed by atoms with E-state index in [1.807, 2.05) is 0 Å². The lowest BCUT2D eigenvalue weighted by atomic mass is 9.95. The lowest BCUT2D eigenvalue weighted by Gasteiger charge is -2.21. The Labute approximate surface area is 196 Å². The van der Waals surface area contributed by atoms with E-state index in [2.05, 4.69) is 10.1 Å². The summed E-state index contributed by atoms with van der Waals surface area (Å²) in [6.07, 6.45) is -4.27. The minimum atomic E-state index is -4.85. The van der Waals surface area contributed by atoms with Gasteiger partial charge in [0.05, 0.1) is 12.7 Å². The average Bonchev–Trinajstić information content (AvgIpc) is 3.18. The van der Waals surface area contributed by atoms with Crippen LogP contribution >= 0.6 is 0 Å². The van der Waals surface area contributed by atoms with Gasteiger partial charge in [-0.25, -0.2) is 13.3 Å². The van der Waals surface area contributed by atoms with Crippen molar-refractivity contribution in [3.8, 4) is 16.9 Å². The van der Waals surface area contributed by atoms with Crippen LogP contribution in [-0.4, -0.2) is 26.3 Å². The smallest absolute Gasteiger partial charge is 0.420 e. The van der Waals surface area contributed by atoms with Gasteiger partial charge in [-0.05, 0) is 53.8 Å². The number of hydrogen-bond acceptors (Lipinski definition) is 5. The fraction of sp³-hybridized carbons (Fsp3) is 0.250. The molecule has 3 N–H and O–H groups in total. The normalized spacial score (nSPS) is 13.7. The molecule has 11 heteroatoms. The molecule has 184 valence electrons. The van der Waals surface area contributed by atoms with Crippen LogP contribution in [0.2, 0.25) is 0 Å². The number of halogens is 5. The van der Waals surface area contributed by atoms with Crippen LogP contribution < -0.4 is 10.5 Å². The molecule has 2 heterocycles. The number of aliphatic hydroxyl groups is 1. The standard InChI is InChI=1S/C24H21F5N4O2/c1-13(21(34)14-2-4-16(25)5-3-14)9-11-35-22-18(24(27,28)29)7-6-17(20(22)26)15-8-10-33-19(12-15)31-23(30)32-33/h2-8,10,12-13,21,34H,9,11H2,1H3,(H2,30,32)/t13-,21-/m0/s1. The number of alkyl halides is 3. The van der Waals surface area contributed by atoms with Gasteiger partial charge in [0.2, 0.25) is 5.95 Å². The summed E-state index contributed by atoms with van der Waals surface area (Å²) in [5.41, 5.74) is 5.20. The zero-order valence-electron chi connectivity index (χ0n) is 18.4. The zero-order valence-corrected chi connectivity index (χ0v) is 18.4. The van der Waals surface area contributed by atoms with Crippen molar-refractivity contribution in [3.05, 3.63) is 77.5 Å². The number of nitrogens with two attached hydrogens (primary N) is 1. The Kier molecular flexibility index (Phi) is 6.62. The van der Waals surface area contributed by atoms with Crippen LogP contribution in [0.4, 0.5) is 27.9 Å². The molecule has 0 fully saturated rings. The van der Waals surface area contributed by atoms with Gasteiger partial charge in [-0.3, -0.25) is 0 Å². The highest BCUT2D eigenvalue weighted by Crippen LogP contribution is 2.41. The highest BCUT2D eigenvalue weighted by atomic mass is 19.4. The van der Waals surface area contributed by atoms with Crippen LogP contribution in [0, 0.1) is 17.6 Å². The topological polar surface area (TPSA) is 85.7 Å². The second-order valence-corrected chi connectivity index (χ2v) is 8.10. The quantitative estimate of drug-likeness (QED) is 0.337. The minimum Gasteiger partial charge on any atom is -0.490 e. The molecule has 0 spiro atoms. The average molecular weight is 492 g/mol. The Morgan fingerprint density at radius 1 is 1.09 bits per heavy atom. The number of anilines is 1. The number of rotatable bonds is 7. The van der Waals surface area contributed by atoms with Gasteiger partial charge in [0.25, 0.3) is 0 Å². The van der Waals surface area contributed by atoms with Gasteiger partial charge in [-0.1, -0.05) is 25.1 Å². The van der Waals surface area contributed by atoms with Crippen molar-refractivity contribution in [3.63, 3.8) is 0 Å². The fourth-order valence-electron chi connectivity index (χ4n) is 3.70. The van der Waals surface area contributed by atoms with Crippen molar-refractivity contribution in [2.75, 3.05) is 12.3 Å². The molecule has 0 bridgehead atoms. The molecule has 35 heavy (non-hydrogen) atoms. The third kappa shape index (κ3) is 5.19. The van der Waals surface area contributed by atoms with E-state index in [0.717, 1.165) is 12.1 Å². The van der Waals surface area contributed by atoms with Crippen LogP contribution in [0.3, 0.4) is 0 Å². The molecule has 4 aromatic rings. The number of nitrogens with zero attached hydrogens (tertiary/aromatic N) is 3. The monoisotopic (exact) mass is 492 g/mol. The summed E-state index contributed by atoms with van der Waals surface area (Å²) in [4.78, 5) is 3.97. The molecule has 2 atom stereocenters. The molecule has 0 amide bonds. The molecular weight excluding hydrogens is 471 g/mol. The van der Waals surface area contributed by atoms with Crippen LogP contribution in [0.25, 0.3) is 16.8 Å². The maximum atomic E-state index is 15.4. The fourth-order valence-corrected chi connectivity index (χ4v) is 3.70. The van der Waals surface area contributed by atoms with Crippen molar-refractivity contribution < 1.29 is 31.8 Å². The van der Waals surface area contributed by atoms with Crippen molar-refractivity contribution in [1.82, 2.24) is 14.6 Å². The Morgan fingerprint density at radius 3 is 2.49 bits per heavy atom. The molecule has 2 aromatic heterocycles. The van der Waals surface area contributed by atoms with E-state index >= 15 is 4.39 Å². The Balaban J connectivity index is 1.58. The predicted molar refractivity (Wildman–Crippen MR) is 118 cm³/mol. The molecule has 0 aliphatic heterocycles. The third-order valence-corrected chi connectivity index (χ3v) is 5.64.